The Hall–Kier alpha value is -0.820. The van der Waals surface area contributed by atoms with Crippen molar-refractivity contribution in [1.29, 1.82) is 0 Å². The lowest BCUT2D eigenvalue weighted by molar-refractivity contribution is 0.383. The molecule has 1 heteroatoms. The van der Waals surface area contributed by atoms with Gasteiger partial charge in [-0.3, -0.25) is 0 Å². The topological polar surface area (TPSA) is 12.0 Å². The van der Waals surface area contributed by atoms with Crippen molar-refractivity contribution in [2.24, 2.45) is 0 Å². The molecule has 1 aromatic carbocycles. The minimum Gasteiger partial charge on any atom is -0.313 e. The molecule has 1 atom stereocenters. The van der Waals surface area contributed by atoms with E-state index in [1.807, 2.05) is 0 Å². The van der Waals surface area contributed by atoms with Crippen molar-refractivity contribution in [1.82, 2.24) is 5.32 Å². The Morgan fingerprint density at radius 1 is 1.25 bits per heavy atom. The molecule has 0 aromatic heterocycles. The molecule has 0 saturated carbocycles. The Morgan fingerprint density at radius 2 is 2.12 bits per heavy atom. The van der Waals surface area contributed by atoms with Gasteiger partial charge in [0, 0.05) is 6.54 Å². The monoisotopic (exact) mass is 215 g/mol. The van der Waals surface area contributed by atoms with E-state index in [0.29, 0.717) is 5.41 Å². The van der Waals surface area contributed by atoms with E-state index in [2.05, 4.69) is 37.4 Å². The van der Waals surface area contributed by atoms with Crippen LogP contribution in [0.2, 0.25) is 0 Å². The zero-order valence-electron chi connectivity index (χ0n) is 10.3. The highest BCUT2D eigenvalue weighted by atomic mass is 14.9. The molecule has 0 amide bonds. The maximum Gasteiger partial charge on any atom is 0.0208 e. The summed E-state index contributed by atoms with van der Waals surface area (Å²) in [7, 11) is 0. The second kappa shape index (κ2) is 3.59. The van der Waals surface area contributed by atoms with Gasteiger partial charge in [-0.2, -0.15) is 0 Å². The van der Waals surface area contributed by atoms with Crippen LogP contribution in [-0.2, 0) is 12.0 Å². The predicted octanol–water partition coefficient (Wildman–Crippen LogP) is 3.33. The minimum absolute atomic E-state index is 0.381. The van der Waals surface area contributed by atoms with E-state index in [4.69, 9.17) is 0 Å². The summed E-state index contributed by atoms with van der Waals surface area (Å²) in [5.74, 6) is 0.814. The van der Waals surface area contributed by atoms with Gasteiger partial charge in [0.1, 0.15) is 0 Å². The quantitative estimate of drug-likeness (QED) is 0.700. The smallest absolute Gasteiger partial charge is 0.0208 e. The highest BCUT2D eigenvalue weighted by molar-refractivity contribution is 5.44. The fraction of sp³-hybridized carbons (Fsp3) is 0.600. The first-order valence-electron chi connectivity index (χ1n) is 6.51. The van der Waals surface area contributed by atoms with Crippen molar-refractivity contribution < 1.29 is 0 Å². The fourth-order valence-electron chi connectivity index (χ4n) is 3.44. The van der Waals surface area contributed by atoms with Crippen LogP contribution in [0.15, 0.2) is 18.2 Å². The largest absolute Gasteiger partial charge is 0.313 e. The third kappa shape index (κ3) is 1.49. The molecule has 0 bridgehead atoms. The highest BCUT2D eigenvalue weighted by Crippen LogP contribution is 2.45. The van der Waals surface area contributed by atoms with Crippen LogP contribution >= 0.6 is 0 Å². The molecule has 3 rings (SSSR count). The van der Waals surface area contributed by atoms with E-state index < -0.39 is 0 Å². The van der Waals surface area contributed by atoms with E-state index in [0.717, 1.165) is 12.5 Å². The summed E-state index contributed by atoms with van der Waals surface area (Å²) < 4.78 is 0. The van der Waals surface area contributed by atoms with E-state index in [1.165, 1.54) is 25.8 Å². The summed E-state index contributed by atoms with van der Waals surface area (Å²) in [6, 6.07) is 6.91. The Labute approximate surface area is 98.3 Å². The van der Waals surface area contributed by atoms with Gasteiger partial charge in [-0.25, -0.2) is 0 Å². The van der Waals surface area contributed by atoms with E-state index in [1.54, 1.807) is 16.7 Å². The van der Waals surface area contributed by atoms with E-state index in [-0.39, 0.29) is 0 Å². The van der Waals surface area contributed by atoms with Crippen LogP contribution in [0.5, 0.6) is 0 Å². The number of hydrogen-bond acceptors (Lipinski definition) is 1. The molecule has 1 heterocycles. The maximum absolute atomic E-state index is 3.55. The van der Waals surface area contributed by atoms with Crippen LogP contribution < -0.4 is 5.32 Å². The molecule has 86 valence electrons. The Morgan fingerprint density at radius 3 is 3.00 bits per heavy atom. The van der Waals surface area contributed by atoms with Crippen LogP contribution in [0, 0.1) is 0 Å². The molecular formula is C15H21N. The molecule has 0 radical (unpaired) electrons. The van der Waals surface area contributed by atoms with Gasteiger partial charge in [0.2, 0.25) is 0 Å². The van der Waals surface area contributed by atoms with Crippen molar-refractivity contribution in [3.63, 3.8) is 0 Å². The van der Waals surface area contributed by atoms with Crippen LogP contribution in [-0.4, -0.2) is 6.54 Å². The standard InChI is InChI=1S/C15H21N/c1-15(2)8-6-11-7-9-16-10-12-4-3-5-13(15)14(11)12/h3-5,11,16H,6-10H2,1-2H3/t11-/m1/s1. The van der Waals surface area contributed by atoms with Crippen LogP contribution in [0.4, 0.5) is 0 Å². The summed E-state index contributed by atoms with van der Waals surface area (Å²) >= 11 is 0. The Balaban J connectivity index is 2.19. The van der Waals surface area contributed by atoms with Gasteiger partial charge in [-0.1, -0.05) is 32.0 Å². The minimum atomic E-state index is 0.381. The van der Waals surface area contributed by atoms with Crippen LogP contribution in [0.25, 0.3) is 0 Å². The highest BCUT2D eigenvalue weighted by Gasteiger charge is 2.34. The van der Waals surface area contributed by atoms with Gasteiger partial charge in [-0.15, -0.1) is 0 Å². The molecule has 0 saturated heterocycles. The van der Waals surface area contributed by atoms with Crippen molar-refractivity contribution in [3.8, 4) is 0 Å². The second-order valence-electron chi connectivity index (χ2n) is 5.96. The number of rotatable bonds is 0. The molecule has 1 nitrogen and oxygen atoms in total. The summed E-state index contributed by atoms with van der Waals surface area (Å²) in [5.41, 5.74) is 5.23. The van der Waals surface area contributed by atoms with Gasteiger partial charge in [-0.05, 0) is 53.8 Å². The zero-order valence-corrected chi connectivity index (χ0v) is 10.3. The van der Waals surface area contributed by atoms with Gasteiger partial charge >= 0.3 is 0 Å². The lowest BCUT2D eigenvalue weighted by Gasteiger charge is -2.37. The molecular weight excluding hydrogens is 194 g/mol. The summed E-state index contributed by atoms with van der Waals surface area (Å²) in [6.45, 7) is 7.04. The molecule has 1 aliphatic heterocycles. The molecule has 0 unspecified atom stereocenters. The first-order chi connectivity index (χ1) is 7.68. The molecule has 0 spiro atoms. The molecule has 1 aliphatic carbocycles. The van der Waals surface area contributed by atoms with Gasteiger partial charge in [0.25, 0.3) is 0 Å². The number of hydrogen-bond donors (Lipinski definition) is 1. The Kier molecular flexibility index (Phi) is 2.32. The lowest BCUT2D eigenvalue weighted by Crippen LogP contribution is -2.27. The number of benzene rings is 1. The normalized spacial score (nSPS) is 27.0. The predicted molar refractivity (Wildman–Crippen MR) is 67.8 cm³/mol. The van der Waals surface area contributed by atoms with Crippen molar-refractivity contribution >= 4 is 0 Å². The van der Waals surface area contributed by atoms with Gasteiger partial charge < -0.3 is 5.32 Å². The summed E-state index contributed by atoms with van der Waals surface area (Å²) in [6.07, 6.45) is 4.03. The molecule has 1 aromatic rings. The van der Waals surface area contributed by atoms with Crippen LogP contribution in [0.3, 0.4) is 0 Å². The van der Waals surface area contributed by atoms with Crippen molar-refractivity contribution in [2.75, 3.05) is 6.54 Å². The average Bonchev–Trinajstić information content (AvgIpc) is 2.47. The second-order valence-corrected chi connectivity index (χ2v) is 5.96. The van der Waals surface area contributed by atoms with Crippen molar-refractivity contribution in [2.45, 2.75) is 51.0 Å². The summed E-state index contributed by atoms with van der Waals surface area (Å²) in [4.78, 5) is 0. The Bertz CT molecular complexity index is 406. The van der Waals surface area contributed by atoms with Gasteiger partial charge in [0.05, 0.1) is 0 Å². The lowest BCUT2D eigenvalue weighted by atomic mass is 9.67. The molecule has 16 heavy (non-hydrogen) atoms. The summed E-state index contributed by atoms with van der Waals surface area (Å²) in [5, 5.41) is 3.55. The molecule has 1 N–H and O–H groups in total. The zero-order chi connectivity index (χ0) is 11.2. The molecule has 0 fully saturated rings. The van der Waals surface area contributed by atoms with Gasteiger partial charge in [0.15, 0.2) is 0 Å². The SMILES string of the molecule is CC1(C)CC[C@@H]2CCNCc3cccc1c32. The first kappa shape index (κ1) is 10.3. The van der Waals surface area contributed by atoms with E-state index in [9.17, 15) is 0 Å². The first-order valence-corrected chi connectivity index (χ1v) is 6.51. The van der Waals surface area contributed by atoms with E-state index >= 15 is 0 Å². The average molecular weight is 215 g/mol. The van der Waals surface area contributed by atoms with Crippen LogP contribution in [0.1, 0.15) is 55.7 Å². The third-order valence-electron chi connectivity index (χ3n) is 4.44. The fourth-order valence-corrected chi connectivity index (χ4v) is 3.44. The van der Waals surface area contributed by atoms with Crippen molar-refractivity contribution in [3.05, 3.63) is 34.9 Å². The maximum atomic E-state index is 3.55. The molecule has 2 aliphatic rings. The third-order valence-corrected chi connectivity index (χ3v) is 4.44. The number of nitrogens with one attached hydrogen (secondary N) is 1.